The van der Waals surface area contributed by atoms with Crippen LogP contribution in [-0.2, 0) is 0 Å². The van der Waals surface area contributed by atoms with Crippen molar-refractivity contribution in [2.75, 3.05) is 11.9 Å². The molecule has 0 spiro atoms. The van der Waals surface area contributed by atoms with Crippen molar-refractivity contribution < 1.29 is 14.8 Å². The fourth-order valence-corrected chi connectivity index (χ4v) is 2.66. The van der Waals surface area contributed by atoms with Gasteiger partial charge in [-0.2, -0.15) is 0 Å². The Bertz CT molecular complexity index is 536. The number of carboxylic acid groups (broad SMARTS) is 1. The third kappa shape index (κ3) is 3.07. The number of aromatic carboxylic acids is 1. The number of carbonyl (C=O) groups is 1. The van der Waals surface area contributed by atoms with Gasteiger partial charge in [-0.25, -0.2) is 4.79 Å². The normalized spacial score (nSPS) is 15.2. The second kappa shape index (κ2) is 5.90. The summed E-state index contributed by atoms with van der Waals surface area (Å²) in [5.41, 5.74) is 0.816. The fourth-order valence-electron chi connectivity index (χ4n) is 2.66. The zero-order valence-electron chi connectivity index (χ0n) is 11.4. The standard InChI is InChI=1S/C14H18N2O4/c1-9-12(15-8-10-4-2-3-5-10)6-11(14(17)18)7-13(9)16(19)20/h6-7,10,15H,2-5,8H2,1H3,(H,17,18). The van der Waals surface area contributed by atoms with Gasteiger partial charge in [0.15, 0.2) is 0 Å². The van der Waals surface area contributed by atoms with Crippen molar-refractivity contribution in [3.05, 3.63) is 33.4 Å². The molecule has 1 aliphatic rings. The highest BCUT2D eigenvalue weighted by Crippen LogP contribution is 2.30. The van der Waals surface area contributed by atoms with E-state index in [4.69, 9.17) is 5.11 Å². The van der Waals surface area contributed by atoms with E-state index in [1.165, 1.54) is 18.9 Å². The zero-order valence-corrected chi connectivity index (χ0v) is 11.4. The predicted octanol–water partition coefficient (Wildman–Crippen LogP) is 3.20. The zero-order chi connectivity index (χ0) is 14.7. The van der Waals surface area contributed by atoms with Crippen LogP contribution in [0.5, 0.6) is 0 Å². The quantitative estimate of drug-likeness (QED) is 0.637. The Hall–Kier alpha value is -2.11. The van der Waals surface area contributed by atoms with Crippen LogP contribution in [0, 0.1) is 23.0 Å². The van der Waals surface area contributed by atoms with Gasteiger partial charge in [0.05, 0.1) is 10.5 Å². The molecule has 2 N–H and O–H groups in total. The van der Waals surface area contributed by atoms with Crippen LogP contribution in [-0.4, -0.2) is 22.5 Å². The minimum Gasteiger partial charge on any atom is -0.478 e. The van der Waals surface area contributed by atoms with E-state index in [1.807, 2.05) is 0 Å². The van der Waals surface area contributed by atoms with Gasteiger partial charge in [0.25, 0.3) is 5.69 Å². The van der Waals surface area contributed by atoms with Crippen molar-refractivity contribution in [3.63, 3.8) is 0 Å². The monoisotopic (exact) mass is 278 g/mol. The molecule has 0 saturated heterocycles. The van der Waals surface area contributed by atoms with E-state index in [-0.39, 0.29) is 11.3 Å². The van der Waals surface area contributed by atoms with Gasteiger partial charge in [0, 0.05) is 23.9 Å². The average Bonchev–Trinajstić information content (AvgIpc) is 2.90. The van der Waals surface area contributed by atoms with E-state index < -0.39 is 10.9 Å². The molecule has 1 aromatic carbocycles. The van der Waals surface area contributed by atoms with Crippen LogP contribution in [0.4, 0.5) is 11.4 Å². The molecule has 0 aromatic heterocycles. The first-order valence-corrected chi connectivity index (χ1v) is 6.75. The van der Waals surface area contributed by atoms with E-state index in [1.54, 1.807) is 6.92 Å². The summed E-state index contributed by atoms with van der Waals surface area (Å²) in [5.74, 6) is -0.584. The maximum atomic E-state index is 11.0. The molecule has 1 fully saturated rings. The molecule has 20 heavy (non-hydrogen) atoms. The van der Waals surface area contributed by atoms with Crippen LogP contribution in [0.3, 0.4) is 0 Å². The number of nitro groups is 1. The largest absolute Gasteiger partial charge is 0.478 e. The molecule has 108 valence electrons. The Morgan fingerprint density at radius 3 is 2.65 bits per heavy atom. The van der Waals surface area contributed by atoms with Gasteiger partial charge in [-0.05, 0) is 31.7 Å². The molecule has 0 amide bonds. The lowest BCUT2D eigenvalue weighted by Gasteiger charge is -2.14. The number of carboxylic acids is 1. The van der Waals surface area contributed by atoms with Crippen LogP contribution in [0.25, 0.3) is 0 Å². The van der Waals surface area contributed by atoms with Crippen molar-refractivity contribution in [1.29, 1.82) is 0 Å². The SMILES string of the molecule is Cc1c(NCC2CCCC2)cc(C(=O)O)cc1[N+](=O)[O-]. The summed E-state index contributed by atoms with van der Waals surface area (Å²) in [7, 11) is 0. The van der Waals surface area contributed by atoms with Gasteiger partial charge < -0.3 is 10.4 Å². The van der Waals surface area contributed by atoms with Gasteiger partial charge >= 0.3 is 5.97 Å². The number of nitrogens with zero attached hydrogens (tertiary/aromatic N) is 1. The van der Waals surface area contributed by atoms with Crippen molar-refractivity contribution in [3.8, 4) is 0 Å². The first kappa shape index (κ1) is 14.3. The Kier molecular flexibility index (Phi) is 4.22. The van der Waals surface area contributed by atoms with Crippen molar-refractivity contribution >= 4 is 17.3 Å². The summed E-state index contributed by atoms with van der Waals surface area (Å²) >= 11 is 0. The second-order valence-electron chi connectivity index (χ2n) is 5.26. The van der Waals surface area contributed by atoms with Gasteiger partial charge in [-0.15, -0.1) is 0 Å². The third-order valence-corrected chi connectivity index (χ3v) is 3.88. The van der Waals surface area contributed by atoms with E-state index in [9.17, 15) is 14.9 Å². The molecule has 1 saturated carbocycles. The summed E-state index contributed by atoms with van der Waals surface area (Å²) in [6, 6.07) is 2.58. The summed E-state index contributed by atoms with van der Waals surface area (Å²) in [6.07, 6.45) is 4.76. The lowest BCUT2D eigenvalue weighted by atomic mass is 10.1. The van der Waals surface area contributed by atoms with Crippen LogP contribution >= 0.6 is 0 Å². The number of hydrogen-bond donors (Lipinski definition) is 2. The molecule has 6 heteroatoms. The number of nitrogens with one attached hydrogen (secondary N) is 1. The summed E-state index contributed by atoms with van der Waals surface area (Å²) in [5, 5.41) is 23.2. The van der Waals surface area contributed by atoms with Crippen LogP contribution in [0.1, 0.15) is 41.6 Å². The molecule has 0 heterocycles. The number of anilines is 1. The molecule has 1 aliphatic carbocycles. The predicted molar refractivity (Wildman–Crippen MR) is 75.2 cm³/mol. The molecule has 0 bridgehead atoms. The highest BCUT2D eigenvalue weighted by atomic mass is 16.6. The molecular formula is C14H18N2O4. The van der Waals surface area contributed by atoms with E-state index in [0.717, 1.165) is 25.5 Å². The Morgan fingerprint density at radius 1 is 1.45 bits per heavy atom. The molecule has 0 atom stereocenters. The molecule has 6 nitrogen and oxygen atoms in total. The number of hydrogen-bond acceptors (Lipinski definition) is 4. The smallest absolute Gasteiger partial charge is 0.336 e. The highest BCUT2D eigenvalue weighted by molar-refractivity contribution is 5.90. The Morgan fingerprint density at radius 2 is 2.10 bits per heavy atom. The first-order chi connectivity index (χ1) is 9.49. The average molecular weight is 278 g/mol. The molecule has 1 aromatic rings. The minimum atomic E-state index is -1.16. The molecule has 0 unspecified atom stereocenters. The molecular weight excluding hydrogens is 260 g/mol. The molecule has 0 radical (unpaired) electrons. The Labute approximate surface area is 117 Å². The van der Waals surface area contributed by atoms with E-state index >= 15 is 0 Å². The third-order valence-electron chi connectivity index (χ3n) is 3.88. The summed E-state index contributed by atoms with van der Waals surface area (Å²) < 4.78 is 0. The van der Waals surface area contributed by atoms with Crippen molar-refractivity contribution in [2.45, 2.75) is 32.6 Å². The number of benzene rings is 1. The lowest BCUT2D eigenvalue weighted by molar-refractivity contribution is -0.385. The van der Waals surface area contributed by atoms with Crippen LogP contribution < -0.4 is 5.32 Å². The highest BCUT2D eigenvalue weighted by Gasteiger charge is 2.20. The first-order valence-electron chi connectivity index (χ1n) is 6.75. The maximum absolute atomic E-state index is 11.0. The van der Waals surface area contributed by atoms with Crippen LogP contribution in [0.2, 0.25) is 0 Å². The van der Waals surface area contributed by atoms with E-state index in [0.29, 0.717) is 17.2 Å². The molecule has 0 aliphatic heterocycles. The number of nitro benzene ring substituents is 1. The summed E-state index contributed by atoms with van der Waals surface area (Å²) in [4.78, 5) is 21.5. The summed E-state index contributed by atoms with van der Waals surface area (Å²) in [6.45, 7) is 2.38. The molecule has 2 rings (SSSR count). The fraction of sp³-hybridized carbons (Fsp3) is 0.500. The van der Waals surface area contributed by atoms with Gasteiger partial charge in [0.2, 0.25) is 0 Å². The minimum absolute atomic E-state index is 0.0591. The van der Waals surface area contributed by atoms with Gasteiger partial charge in [0.1, 0.15) is 0 Å². The topological polar surface area (TPSA) is 92.5 Å². The maximum Gasteiger partial charge on any atom is 0.336 e. The Balaban J connectivity index is 2.25. The van der Waals surface area contributed by atoms with Gasteiger partial charge in [-0.3, -0.25) is 10.1 Å². The van der Waals surface area contributed by atoms with Crippen molar-refractivity contribution in [1.82, 2.24) is 0 Å². The van der Waals surface area contributed by atoms with E-state index in [2.05, 4.69) is 5.32 Å². The van der Waals surface area contributed by atoms with Crippen LogP contribution in [0.15, 0.2) is 12.1 Å². The second-order valence-corrected chi connectivity index (χ2v) is 5.26. The van der Waals surface area contributed by atoms with Gasteiger partial charge in [-0.1, -0.05) is 12.8 Å². The number of rotatable bonds is 5. The lowest BCUT2D eigenvalue weighted by Crippen LogP contribution is -2.13. The van der Waals surface area contributed by atoms with Crippen molar-refractivity contribution in [2.24, 2.45) is 5.92 Å².